The Morgan fingerprint density at radius 3 is 2.45 bits per heavy atom. The van der Waals surface area contributed by atoms with Crippen LogP contribution in [0.4, 0.5) is 5.69 Å². The van der Waals surface area contributed by atoms with Gasteiger partial charge in [0, 0.05) is 0 Å². The molecule has 164 valence electrons. The Labute approximate surface area is 182 Å². The first kappa shape index (κ1) is 22.5. The standard InChI is InChI=1S/C22H25N3O5S/c1-4-5-12-30-20-11-6-16(14-21(20)29-3)13-19-15(2)24-25(22(19)26)17-7-9-18(10-8-17)31(23,27)28/h6-11,13-14H,4-5,12H2,1-3H3,(H2,23,27,28)/b19-13-. The molecule has 8 nitrogen and oxygen atoms in total. The minimum absolute atomic E-state index is 0.0345. The zero-order valence-electron chi connectivity index (χ0n) is 17.7. The van der Waals surface area contributed by atoms with E-state index in [4.69, 9.17) is 14.6 Å². The topological polar surface area (TPSA) is 111 Å². The van der Waals surface area contributed by atoms with Crippen LogP contribution >= 0.6 is 0 Å². The lowest BCUT2D eigenvalue weighted by atomic mass is 10.1. The molecule has 0 saturated carbocycles. The third-order valence-electron chi connectivity index (χ3n) is 4.73. The zero-order valence-corrected chi connectivity index (χ0v) is 18.5. The van der Waals surface area contributed by atoms with Crippen molar-refractivity contribution in [2.75, 3.05) is 18.7 Å². The highest BCUT2D eigenvalue weighted by molar-refractivity contribution is 7.89. The van der Waals surface area contributed by atoms with E-state index in [0.717, 1.165) is 18.4 Å². The predicted octanol–water partition coefficient (Wildman–Crippen LogP) is 3.33. The molecule has 0 radical (unpaired) electrons. The number of unbranched alkanes of at least 4 members (excludes halogenated alkanes) is 1. The van der Waals surface area contributed by atoms with Crippen LogP contribution in [0.2, 0.25) is 0 Å². The first-order valence-electron chi connectivity index (χ1n) is 9.80. The molecular formula is C22H25N3O5S. The second kappa shape index (κ2) is 9.32. The summed E-state index contributed by atoms with van der Waals surface area (Å²) in [5.41, 5.74) is 2.18. The van der Waals surface area contributed by atoms with E-state index in [2.05, 4.69) is 12.0 Å². The van der Waals surface area contributed by atoms with Crippen LogP contribution in [0, 0.1) is 0 Å². The molecule has 0 fully saturated rings. The fourth-order valence-corrected chi connectivity index (χ4v) is 3.54. The summed E-state index contributed by atoms with van der Waals surface area (Å²) in [6.45, 7) is 4.44. The van der Waals surface area contributed by atoms with Gasteiger partial charge in [-0.05, 0) is 61.4 Å². The number of amides is 1. The number of anilines is 1. The minimum atomic E-state index is -3.81. The van der Waals surface area contributed by atoms with Crippen molar-refractivity contribution < 1.29 is 22.7 Å². The van der Waals surface area contributed by atoms with Crippen LogP contribution in [0.25, 0.3) is 6.08 Å². The molecule has 0 spiro atoms. The van der Waals surface area contributed by atoms with Crippen LogP contribution < -0.4 is 19.6 Å². The molecule has 0 saturated heterocycles. The fraction of sp³-hybridized carbons (Fsp3) is 0.273. The van der Waals surface area contributed by atoms with Crippen LogP contribution in [0.1, 0.15) is 32.3 Å². The van der Waals surface area contributed by atoms with E-state index in [1.54, 1.807) is 26.2 Å². The zero-order chi connectivity index (χ0) is 22.6. The van der Waals surface area contributed by atoms with E-state index < -0.39 is 10.0 Å². The maximum atomic E-state index is 12.9. The van der Waals surface area contributed by atoms with Crippen LogP contribution in [0.5, 0.6) is 11.5 Å². The molecule has 0 unspecified atom stereocenters. The molecule has 1 heterocycles. The first-order valence-corrected chi connectivity index (χ1v) is 11.3. The maximum absolute atomic E-state index is 12.9. The summed E-state index contributed by atoms with van der Waals surface area (Å²) in [7, 11) is -2.24. The monoisotopic (exact) mass is 443 g/mol. The van der Waals surface area contributed by atoms with Crippen LogP contribution in [-0.4, -0.2) is 33.8 Å². The molecule has 1 aliphatic heterocycles. The van der Waals surface area contributed by atoms with E-state index in [1.807, 2.05) is 12.1 Å². The van der Waals surface area contributed by atoms with E-state index in [0.29, 0.717) is 35.1 Å². The number of ether oxygens (including phenoxy) is 2. The number of sulfonamides is 1. The van der Waals surface area contributed by atoms with Gasteiger partial charge >= 0.3 is 0 Å². The Hall–Kier alpha value is -3.17. The average molecular weight is 444 g/mol. The van der Waals surface area contributed by atoms with E-state index in [9.17, 15) is 13.2 Å². The highest BCUT2D eigenvalue weighted by atomic mass is 32.2. The number of rotatable bonds is 8. The number of carbonyl (C=O) groups excluding carboxylic acids is 1. The van der Waals surface area contributed by atoms with Crippen LogP contribution in [0.15, 0.2) is 58.0 Å². The summed E-state index contributed by atoms with van der Waals surface area (Å²) in [6.07, 6.45) is 3.72. The van der Waals surface area contributed by atoms with Crippen molar-refractivity contribution in [3.63, 3.8) is 0 Å². The van der Waals surface area contributed by atoms with Gasteiger partial charge < -0.3 is 9.47 Å². The van der Waals surface area contributed by atoms with Crippen molar-refractivity contribution in [2.45, 2.75) is 31.6 Å². The molecule has 0 aliphatic carbocycles. The van der Waals surface area contributed by atoms with Crippen molar-refractivity contribution in [2.24, 2.45) is 10.2 Å². The van der Waals surface area contributed by atoms with Gasteiger partial charge in [0.15, 0.2) is 11.5 Å². The van der Waals surface area contributed by atoms with Crippen molar-refractivity contribution in [3.8, 4) is 11.5 Å². The number of benzene rings is 2. The molecule has 2 aromatic rings. The molecule has 0 aromatic heterocycles. The molecule has 3 rings (SSSR count). The number of primary sulfonamides is 1. The molecule has 2 N–H and O–H groups in total. The van der Waals surface area contributed by atoms with E-state index in [1.165, 1.54) is 29.3 Å². The largest absolute Gasteiger partial charge is 0.493 e. The first-order chi connectivity index (χ1) is 14.7. The highest BCUT2D eigenvalue weighted by Gasteiger charge is 2.29. The average Bonchev–Trinajstić information content (AvgIpc) is 3.02. The Kier molecular flexibility index (Phi) is 6.77. The van der Waals surface area contributed by atoms with Gasteiger partial charge in [0.1, 0.15) is 0 Å². The van der Waals surface area contributed by atoms with Crippen LogP contribution in [-0.2, 0) is 14.8 Å². The molecule has 9 heteroatoms. The molecule has 2 aromatic carbocycles. The Morgan fingerprint density at radius 2 is 1.84 bits per heavy atom. The van der Waals surface area contributed by atoms with Gasteiger partial charge in [-0.3, -0.25) is 4.79 Å². The number of hydrazone groups is 1. The molecule has 0 bridgehead atoms. The molecule has 0 atom stereocenters. The van der Waals surface area contributed by atoms with Gasteiger partial charge in [-0.25, -0.2) is 13.6 Å². The lowest BCUT2D eigenvalue weighted by molar-refractivity contribution is -0.114. The summed E-state index contributed by atoms with van der Waals surface area (Å²) in [6, 6.07) is 11.1. The van der Waals surface area contributed by atoms with Crippen LogP contribution in [0.3, 0.4) is 0 Å². The molecule has 31 heavy (non-hydrogen) atoms. The van der Waals surface area contributed by atoms with Gasteiger partial charge in [-0.2, -0.15) is 10.1 Å². The number of nitrogens with zero attached hydrogens (tertiary/aromatic N) is 2. The van der Waals surface area contributed by atoms with E-state index >= 15 is 0 Å². The van der Waals surface area contributed by atoms with Crippen molar-refractivity contribution in [1.29, 1.82) is 0 Å². The predicted molar refractivity (Wildman–Crippen MR) is 120 cm³/mol. The summed E-state index contributed by atoms with van der Waals surface area (Å²) < 4.78 is 34.0. The highest BCUT2D eigenvalue weighted by Crippen LogP contribution is 2.31. The third-order valence-corrected chi connectivity index (χ3v) is 5.66. The lowest BCUT2D eigenvalue weighted by Gasteiger charge is -2.12. The fourth-order valence-electron chi connectivity index (χ4n) is 3.02. The smallest absolute Gasteiger partial charge is 0.280 e. The van der Waals surface area contributed by atoms with Gasteiger partial charge in [0.25, 0.3) is 5.91 Å². The second-order valence-electron chi connectivity index (χ2n) is 7.01. The molecule has 1 amide bonds. The maximum Gasteiger partial charge on any atom is 0.280 e. The normalized spacial score (nSPS) is 15.4. The van der Waals surface area contributed by atoms with Gasteiger partial charge in [-0.15, -0.1) is 0 Å². The van der Waals surface area contributed by atoms with Gasteiger partial charge in [-0.1, -0.05) is 19.4 Å². The molecular weight excluding hydrogens is 418 g/mol. The number of hydrogen-bond donors (Lipinski definition) is 1. The summed E-state index contributed by atoms with van der Waals surface area (Å²) in [5.74, 6) is 0.918. The Bertz CT molecular complexity index is 1140. The number of nitrogens with two attached hydrogens (primary N) is 1. The summed E-state index contributed by atoms with van der Waals surface area (Å²) in [4.78, 5) is 12.9. The Balaban J connectivity index is 1.84. The SMILES string of the molecule is CCCCOc1ccc(/C=C2\C(=O)N(c3ccc(S(N)(=O)=O)cc3)N=C2C)cc1OC. The third kappa shape index (κ3) is 5.12. The van der Waals surface area contributed by atoms with Gasteiger partial charge in [0.05, 0.1) is 35.6 Å². The number of carbonyl (C=O) groups is 1. The summed E-state index contributed by atoms with van der Waals surface area (Å²) >= 11 is 0. The Morgan fingerprint density at radius 1 is 1.13 bits per heavy atom. The second-order valence-corrected chi connectivity index (χ2v) is 8.57. The van der Waals surface area contributed by atoms with Gasteiger partial charge in [0.2, 0.25) is 10.0 Å². The lowest BCUT2D eigenvalue weighted by Crippen LogP contribution is -2.21. The van der Waals surface area contributed by atoms with E-state index in [-0.39, 0.29) is 10.8 Å². The minimum Gasteiger partial charge on any atom is -0.493 e. The molecule has 1 aliphatic rings. The van der Waals surface area contributed by atoms with Crippen molar-refractivity contribution >= 4 is 33.4 Å². The van der Waals surface area contributed by atoms with Crippen molar-refractivity contribution in [3.05, 3.63) is 53.6 Å². The van der Waals surface area contributed by atoms with Crippen molar-refractivity contribution in [1.82, 2.24) is 0 Å². The number of methoxy groups -OCH3 is 1. The number of hydrogen-bond acceptors (Lipinski definition) is 6. The summed E-state index contributed by atoms with van der Waals surface area (Å²) in [5, 5.41) is 10.7. The quantitative estimate of drug-likeness (QED) is 0.497.